The van der Waals surface area contributed by atoms with Crippen LogP contribution in [0.2, 0.25) is 0 Å². The van der Waals surface area contributed by atoms with Crippen molar-refractivity contribution in [2.24, 2.45) is 0 Å². The minimum Gasteiger partial charge on any atom is -0.490 e. The lowest BCUT2D eigenvalue weighted by molar-refractivity contribution is -0.155. The zero-order chi connectivity index (χ0) is 14.0. The van der Waals surface area contributed by atoms with Gasteiger partial charge in [0.2, 0.25) is 0 Å². The molecule has 0 bridgehead atoms. The van der Waals surface area contributed by atoms with Gasteiger partial charge in [-0.15, -0.1) is 0 Å². The molecule has 2 aliphatic rings. The summed E-state index contributed by atoms with van der Waals surface area (Å²) in [5, 5.41) is 0. The maximum atomic E-state index is 6.19. The largest absolute Gasteiger partial charge is 0.490 e. The van der Waals surface area contributed by atoms with Gasteiger partial charge in [0.25, 0.3) is 0 Å². The van der Waals surface area contributed by atoms with Crippen LogP contribution in [0.4, 0.5) is 5.69 Å². The molecule has 2 N–H and O–H groups in total. The first-order valence-corrected chi connectivity index (χ1v) is 7.41. The minimum absolute atomic E-state index is 0.0249. The lowest BCUT2D eigenvalue weighted by Gasteiger charge is -2.43. The van der Waals surface area contributed by atoms with E-state index in [2.05, 4.69) is 0 Å². The number of ether oxygens (including phenoxy) is 3. The Morgan fingerprint density at radius 3 is 2.80 bits per heavy atom. The molecule has 2 saturated heterocycles. The van der Waals surface area contributed by atoms with E-state index in [0.29, 0.717) is 0 Å². The van der Waals surface area contributed by atoms with Gasteiger partial charge in [-0.2, -0.15) is 0 Å². The van der Waals surface area contributed by atoms with E-state index in [4.69, 9.17) is 19.9 Å². The monoisotopic (exact) mass is 277 g/mol. The third-order valence-electron chi connectivity index (χ3n) is 4.34. The van der Waals surface area contributed by atoms with Crippen molar-refractivity contribution in [3.8, 4) is 5.75 Å². The van der Waals surface area contributed by atoms with Gasteiger partial charge in [-0.05, 0) is 43.5 Å². The third kappa shape index (κ3) is 2.91. The van der Waals surface area contributed by atoms with Gasteiger partial charge in [-0.1, -0.05) is 0 Å². The van der Waals surface area contributed by atoms with Crippen molar-refractivity contribution in [2.45, 2.75) is 44.3 Å². The molecule has 0 amide bonds. The number of hydrogen-bond donors (Lipinski definition) is 1. The van der Waals surface area contributed by atoms with Crippen LogP contribution >= 0.6 is 0 Å². The Balaban J connectivity index is 1.68. The van der Waals surface area contributed by atoms with Crippen molar-refractivity contribution in [1.82, 2.24) is 0 Å². The number of nitrogen functional groups attached to an aromatic ring is 1. The molecule has 1 unspecified atom stereocenters. The van der Waals surface area contributed by atoms with Crippen LogP contribution in [0.3, 0.4) is 0 Å². The first kappa shape index (κ1) is 13.7. The van der Waals surface area contributed by atoms with Crippen LogP contribution < -0.4 is 10.5 Å². The number of aryl methyl sites for hydroxylation is 1. The van der Waals surface area contributed by atoms with E-state index < -0.39 is 0 Å². The Morgan fingerprint density at radius 1 is 1.25 bits per heavy atom. The predicted octanol–water partition coefficient (Wildman–Crippen LogP) is 2.68. The third-order valence-corrected chi connectivity index (χ3v) is 4.34. The van der Waals surface area contributed by atoms with Crippen molar-refractivity contribution < 1.29 is 14.2 Å². The molecular formula is C16H23NO3. The fraction of sp³-hybridized carbons (Fsp3) is 0.625. The van der Waals surface area contributed by atoms with Crippen LogP contribution in [0.25, 0.3) is 0 Å². The summed E-state index contributed by atoms with van der Waals surface area (Å²) in [6.07, 6.45) is 4.09. The van der Waals surface area contributed by atoms with E-state index in [1.165, 1.54) is 0 Å². The minimum atomic E-state index is -0.0249. The lowest BCUT2D eigenvalue weighted by atomic mass is 9.85. The molecule has 0 saturated carbocycles. The molecule has 4 heteroatoms. The summed E-state index contributed by atoms with van der Waals surface area (Å²) in [7, 11) is 0. The van der Waals surface area contributed by atoms with E-state index in [9.17, 15) is 0 Å². The average Bonchev–Trinajstić information content (AvgIpc) is 2.43. The fourth-order valence-electron chi connectivity index (χ4n) is 3.16. The number of benzene rings is 1. The van der Waals surface area contributed by atoms with Gasteiger partial charge in [0, 0.05) is 31.7 Å². The van der Waals surface area contributed by atoms with Gasteiger partial charge >= 0.3 is 0 Å². The molecule has 1 spiro atoms. The highest BCUT2D eigenvalue weighted by Gasteiger charge is 2.39. The molecule has 1 aromatic carbocycles. The molecule has 1 atom stereocenters. The molecule has 3 rings (SSSR count). The zero-order valence-electron chi connectivity index (χ0n) is 12.1. The van der Waals surface area contributed by atoms with Crippen molar-refractivity contribution >= 4 is 5.69 Å². The van der Waals surface area contributed by atoms with Gasteiger partial charge in [-0.3, -0.25) is 0 Å². The molecule has 2 heterocycles. The van der Waals surface area contributed by atoms with Crippen LogP contribution in [0.1, 0.15) is 31.2 Å². The molecule has 1 aromatic rings. The Bertz CT molecular complexity index is 463. The van der Waals surface area contributed by atoms with E-state index in [-0.39, 0.29) is 11.7 Å². The Labute approximate surface area is 120 Å². The summed E-state index contributed by atoms with van der Waals surface area (Å²) < 4.78 is 17.7. The van der Waals surface area contributed by atoms with Crippen LogP contribution in [0, 0.1) is 6.92 Å². The summed E-state index contributed by atoms with van der Waals surface area (Å²) in [5.41, 5.74) is 7.63. The molecule has 2 fully saturated rings. The Hall–Kier alpha value is -1.26. The molecule has 20 heavy (non-hydrogen) atoms. The highest BCUT2D eigenvalue weighted by molar-refractivity contribution is 5.47. The quantitative estimate of drug-likeness (QED) is 0.844. The van der Waals surface area contributed by atoms with Crippen LogP contribution in [0.15, 0.2) is 18.2 Å². The normalized spacial score (nSPS) is 25.6. The van der Waals surface area contributed by atoms with E-state index >= 15 is 0 Å². The molecular weight excluding hydrogens is 254 g/mol. The molecule has 0 radical (unpaired) electrons. The highest BCUT2D eigenvalue weighted by atomic mass is 16.5. The first-order valence-electron chi connectivity index (χ1n) is 7.41. The second-order valence-electron chi connectivity index (χ2n) is 5.90. The summed E-state index contributed by atoms with van der Waals surface area (Å²) >= 11 is 0. The lowest BCUT2D eigenvalue weighted by Crippen LogP contribution is -2.47. The molecule has 0 aliphatic carbocycles. The van der Waals surface area contributed by atoms with Gasteiger partial charge < -0.3 is 19.9 Å². The van der Waals surface area contributed by atoms with Crippen LogP contribution in [0.5, 0.6) is 5.75 Å². The summed E-state index contributed by atoms with van der Waals surface area (Å²) in [4.78, 5) is 0. The van der Waals surface area contributed by atoms with Gasteiger partial charge in [0.05, 0.1) is 12.2 Å². The van der Waals surface area contributed by atoms with Crippen LogP contribution in [-0.2, 0) is 9.47 Å². The fourth-order valence-corrected chi connectivity index (χ4v) is 3.16. The molecule has 4 nitrogen and oxygen atoms in total. The van der Waals surface area contributed by atoms with E-state index in [1.54, 1.807) is 0 Å². The molecule has 2 aliphatic heterocycles. The Kier molecular flexibility index (Phi) is 3.85. The maximum absolute atomic E-state index is 6.19. The van der Waals surface area contributed by atoms with Crippen LogP contribution in [-0.4, -0.2) is 31.5 Å². The standard InChI is InChI=1S/C16H23NO3/c1-12-10-13(17)2-3-15(12)20-14-4-7-19-16(11-14)5-8-18-9-6-16/h2-3,10,14H,4-9,11,17H2,1H3. The number of anilines is 1. The summed E-state index contributed by atoms with van der Waals surface area (Å²) in [6, 6.07) is 5.82. The SMILES string of the molecule is Cc1cc(N)ccc1OC1CCOC2(CCOCC2)C1. The average molecular weight is 277 g/mol. The highest BCUT2D eigenvalue weighted by Crippen LogP contribution is 2.36. The topological polar surface area (TPSA) is 53.7 Å². The van der Waals surface area contributed by atoms with Gasteiger partial charge in [0.1, 0.15) is 11.9 Å². The van der Waals surface area contributed by atoms with Gasteiger partial charge in [0.15, 0.2) is 0 Å². The Morgan fingerprint density at radius 2 is 2.05 bits per heavy atom. The summed E-state index contributed by atoms with van der Waals surface area (Å²) in [6.45, 7) is 4.41. The smallest absolute Gasteiger partial charge is 0.122 e. The molecule has 110 valence electrons. The number of rotatable bonds is 2. The van der Waals surface area contributed by atoms with E-state index in [0.717, 1.165) is 62.5 Å². The second-order valence-corrected chi connectivity index (χ2v) is 5.90. The second kappa shape index (κ2) is 5.62. The zero-order valence-corrected chi connectivity index (χ0v) is 12.1. The number of nitrogens with two attached hydrogens (primary N) is 1. The summed E-state index contributed by atoms with van der Waals surface area (Å²) in [5.74, 6) is 0.938. The van der Waals surface area contributed by atoms with Crippen molar-refractivity contribution in [3.63, 3.8) is 0 Å². The molecule has 0 aromatic heterocycles. The maximum Gasteiger partial charge on any atom is 0.122 e. The first-order chi connectivity index (χ1) is 9.67. The predicted molar refractivity (Wildman–Crippen MR) is 78.0 cm³/mol. The van der Waals surface area contributed by atoms with E-state index in [1.807, 2.05) is 25.1 Å². The van der Waals surface area contributed by atoms with Gasteiger partial charge in [-0.25, -0.2) is 0 Å². The van der Waals surface area contributed by atoms with Crippen molar-refractivity contribution in [1.29, 1.82) is 0 Å². The number of hydrogen-bond acceptors (Lipinski definition) is 4. The van der Waals surface area contributed by atoms with Crippen molar-refractivity contribution in [2.75, 3.05) is 25.6 Å². The van der Waals surface area contributed by atoms with Crippen molar-refractivity contribution in [3.05, 3.63) is 23.8 Å².